The van der Waals surface area contributed by atoms with Gasteiger partial charge in [-0.25, -0.2) is 0 Å². The standard InChI is InChI=1S/C10H15N3OS/c1-6-11-12-10(15)13(6)8-4-5-14-9(8)7-2-3-7/h7-9H,2-5H2,1H3,(H,12,15). The van der Waals surface area contributed by atoms with E-state index in [9.17, 15) is 0 Å². The predicted octanol–water partition coefficient (Wildman–Crippen LogP) is 1.99. The van der Waals surface area contributed by atoms with E-state index in [1.54, 1.807) is 0 Å². The SMILES string of the molecule is Cc1n[nH]c(=S)n1C1CCOC1C1CC1. The van der Waals surface area contributed by atoms with E-state index in [0.717, 1.165) is 29.5 Å². The summed E-state index contributed by atoms with van der Waals surface area (Å²) in [5, 5.41) is 7.02. The summed E-state index contributed by atoms with van der Waals surface area (Å²) >= 11 is 5.26. The normalized spacial score (nSPS) is 31.0. The van der Waals surface area contributed by atoms with E-state index in [2.05, 4.69) is 14.8 Å². The summed E-state index contributed by atoms with van der Waals surface area (Å²) in [4.78, 5) is 0. The molecule has 1 saturated heterocycles. The highest BCUT2D eigenvalue weighted by Gasteiger charge is 2.42. The number of ether oxygens (including phenoxy) is 1. The molecule has 2 atom stereocenters. The maximum absolute atomic E-state index is 5.81. The molecule has 2 fully saturated rings. The number of nitrogens with one attached hydrogen (secondary N) is 1. The fourth-order valence-corrected chi connectivity index (χ4v) is 2.84. The Hall–Kier alpha value is -0.680. The number of rotatable bonds is 2. The first kappa shape index (κ1) is 9.54. The third-order valence-corrected chi connectivity index (χ3v) is 3.69. The van der Waals surface area contributed by atoms with Gasteiger partial charge in [-0.2, -0.15) is 5.10 Å². The highest BCUT2D eigenvalue weighted by Crippen LogP contribution is 2.43. The number of H-pyrrole nitrogens is 1. The van der Waals surface area contributed by atoms with Gasteiger partial charge in [0.25, 0.3) is 0 Å². The van der Waals surface area contributed by atoms with Crippen LogP contribution in [0.4, 0.5) is 0 Å². The number of aryl methyl sites for hydroxylation is 1. The second kappa shape index (κ2) is 3.42. The summed E-state index contributed by atoms with van der Waals surface area (Å²) in [6, 6.07) is 0.406. The smallest absolute Gasteiger partial charge is 0.195 e. The summed E-state index contributed by atoms with van der Waals surface area (Å²) in [6.07, 6.45) is 4.06. The van der Waals surface area contributed by atoms with E-state index < -0.39 is 0 Å². The molecule has 0 spiro atoms. The van der Waals surface area contributed by atoms with Crippen LogP contribution >= 0.6 is 12.2 Å². The topological polar surface area (TPSA) is 42.8 Å². The number of aromatic nitrogens is 3. The summed E-state index contributed by atoms with van der Waals surface area (Å²) in [6.45, 7) is 2.85. The molecule has 2 unspecified atom stereocenters. The van der Waals surface area contributed by atoms with Crippen LogP contribution in [0.3, 0.4) is 0 Å². The molecular formula is C10H15N3OS. The molecule has 0 radical (unpaired) electrons. The molecule has 5 heteroatoms. The van der Waals surface area contributed by atoms with Crippen molar-refractivity contribution >= 4 is 12.2 Å². The van der Waals surface area contributed by atoms with Crippen molar-refractivity contribution in [2.24, 2.45) is 5.92 Å². The lowest BCUT2D eigenvalue weighted by molar-refractivity contribution is 0.0744. The van der Waals surface area contributed by atoms with Crippen LogP contribution in [0.25, 0.3) is 0 Å². The molecular weight excluding hydrogens is 210 g/mol. The van der Waals surface area contributed by atoms with Gasteiger partial charge in [-0.1, -0.05) is 0 Å². The van der Waals surface area contributed by atoms with E-state index >= 15 is 0 Å². The molecule has 2 heterocycles. The number of aromatic amines is 1. The van der Waals surface area contributed by atoms with Gasteiger partial charge in [0.2, 0.25) is 0 Å². The van der Waals surface area contributed by atoms with Crippen molar-refractivity contribution in [1.29, 1.82) is 0 Å². The minimum atomic E-state index is 0.369. The van der Waals surface area contributed by atoms with Gasteiger partial charge in [0, 0.05) is 6.61 Å². The highest BCUT2D eigenvalue weighted by molar-refractivity contribution is 7.71. The molecule has 1 aromatic rings. The Morgan fingerprint density at radius 1 is 1.47 bits per heavy atom. The van der Waals surface area contributed by atoms with Crippen molar-refractivity contribution in [3.8, 4) is 0 Å². The van der Waals surface area contributed by atoms with Crippen molar-refractivity contribution < 1.29 is 4.74 Å². The van der Waals surface area contributed by atoms with Crippen molar-refractivity contribution in [2.45, 2.75) is 38.3 Å². The number of hydrogen-bond donors (Lipinski definition) is 1. The van der Waals surface area contributed by atoms with Crippen LogP contribution in [0.5, 0.6) is 0 Å². The van der Waals surface area contributed by atoms with Crippen LogP contribution in [0.1, 0.15) is 31.1 Å². The fourth-order valence-electron chi connectivity index (χ4n) is 2.53. The lowest BCUT2D eigenvalue weighted by atomic mass is 10.1. The van der Waals surface area contributed by atoms with Gasteiger partial charge in [0.05, 0.1) is 12.1 Å². The number of nitrogens with zero attached hydrogens (tertiary/aromatic N) is 2. The van der Waals surface area contributed by atoms with Crippen molar-refractivity contribution in [3.05, 3.63) is 10.6 Å². The minimum Gasteiger partial charge on any atom is -0.376 e. The van der Waals surface area contributed by atoms with Gasteiger partial charge in [0.1, 0.15) is 5.82 Å². The molecule has 15 heavy (non-hydrogen) atoms. The Kier molecular flexibility index (Phi) is 2.17. The molecule has 82 valence electrons. The van der Waals surface area contributed by atoms with Crippen LogP contribution in [0, 0.1) is 17.6 Å². The Morgan fingerprint density at radius 3 is 2.87 bits per heavy atom. The summed E-state index contributed by atoms with van der Waals surface area (Å²) in [5.41, 5.74) is 0. The first-order chi connectivity index (χ1) is 7.27. The second-order valence-electron chi connectivity index (χ2n) is 4.47. The first-order valence-electron chi connectivity index (χ1n) is 5.52. The molecule has 3 rings (SSSR count). The van der Waals surface area contributed by atoms with Gasteiger partial charge in [0.15, 0.2) is 4.77 Å². The van der Waals surface area contributed by atoms with Gasteiger partial charge in [-0.15, -0.1) is 0 Å². The van der Waals surface area contributed by atoms with Crippen LogP contribution in [-0.2, 0) is 4.74 Å². The van der Waals surface area contributed by atoms with Gasteiger partial charge < -0.3 is 4.74 Å². The molecule has 2 aliphatic rings. The zero-order chi connectivity index (χ0) is 10.4. The highest BCUT2D eigenvalue weighted by atomic mass is 32.1. The van der Waals surface area contributed by atoms with Crippen LogP contribution in [0.2, 0.25) is 0 Å². The average molecular weight is 225 g/mol. The maximum atomic E-state index is 5.81. The van der Waals surface area contributed by atoms with Crippen molar-refractivity contribution in [2.75, 3.05) is 6.61 Å². The van der Waals surface area contributed by atoms with Crippen LogP contribution in [0.15, 0.2) is 0 Å². The Labute approximate surface area is 93.6 Å². The lowest BCUT2D eigenvalue weighted by Gasteiger charge is -2.19. The van der Waals surface area contributed by atoms with Gasteiger partial charge in [-0.3, -0.25) is 9.67 Å². The average Bonchev–Trinajstić information content (AvgIpc) is 2.87. The second-order valence-corrected chi connectivity index (χ2v) is 4.86. The van der Waals surface area contributed by atoms with E-state index in [1.807, 2.05) is 6.92 Å². The molecule has 1 saturated carbocycles. The molecule has 0 aromatic carbocycles. The quantitative estimate of drug-likeness (QED) is 0.783. The Morgan fingerprint density at radius 2 is 2.27 bits per heavy atom. The number of hydrogen-bond acceptors (Lipinski definition) is 3. The zero-order valence-electron chi connectivity index (χ0n) is 8.77. The van der Waals surface area contributed by atoms with Crippen molar-refractivity contribution in [1.82, 2.24) is 14.8 Å². The third-order valence-electron chi connectivity index (χ3n) is 3.40. The minimum absolute atomic E-state index is 0.369. The lowest BCUT2D eigenvalue weighted by Crippen LogP contribution is -2.23. The molecule has 1 aliphatic carbocycles. The fraction of sp³-hybridized carbons (Fsp3) is 0.800. The Balaban J connectivity index is 1.95. The monoisotopic (exact) mass is 225 g/mol. The van der Waals surface area contributed by atoms with Crippen LogP contribution < -0.4 is 0 Å². The maximum Gasteiger partial charge on any atom is 0.195 e. The molecule has 1 aliphatic heterocycles. The molecule has 0 bridgehead atoms. The predicted molar refractivity (Wildman–Crippen MR) is 58.3 cm³/mol. The van der Waals surface area contributed by atoms with E-state index in [4.69, 9.17) is 17.0 Å². The first-order valence-corrected chi connectivity index (χ1v) is 5.93. The van der Waals surface area contributed by atoms with E-state index in [1.165, 1.54) is 12.8 Å². The summed E-state index contributed by atoms with van der Waals surface area (Å²) in [7, 11) is 0. The molecule has 4 nitrogen and oxygen atoms in total. The summed E-state index contributed by atoms with van der Waals surface area (Å²) < 4.78 is 8.68. The zero-order valence-corrected chi connectivity index (χ0v) is 9.59. The third kappa shape index (κ3) is 1.54. The molecule has 1 aromatic heterocycles. The van der Waals surface area contributed by atoms with Crippen LogP contribution in [-0.4, -0.2) is 27.5 Å². The van der Waals surface area contributed by atoms with E-state index in [-0.39, 0.29) is 0 Å². The Bertz CT molecular complexity index is 421. The van der Waals surface area contributed by atoms with Gasteiger partial charge >= 0.3 is 0 Å². The van der Waals surface area contributed by atoms with Gasteiger partial charge in [-0.05, 0) is 44.3 Å². The largest absolute Gasteiger partial charge is 0.376 e. The summed E-state index contributed by atoms with van der Waals surface area (Å²) in [5.74, 6) is 1.73. The van der Waals surface area contributed by atoms with E-state index in [0.29, 0.717) is 12.1 Å². The molecule has 1 N–H and O–H groups in total. The van der Waals surface area contributed by atoms with Crippen molar-refractivity contribution in [3.63, 3.8) is 0 Å². The molecule has 0 amide bonds.